The van der Waals surface area contributed by atoms with E-state index in [0.717, 1.165) is 17.2 Å². The lowest BCUT2D eigenvalue weighted by Gasteiger charge is -2.16. The highest BCUT2D eigenvalue weighted by Gasteiger charge is 2.34. The predicted molar refractivity (Wildman–Crippen MR) is 144 cm³/mol. The maximum atomic E-state index is 13.3. The van der Waals surface area contributed by atoms with Crippen LogP contribution >= 0.6 is 11.6 Å². The zero-order valence-corrected chi connectivity index (χ0v) is 22.9. The summed E-state index contributed by atoms with van der Waals surface area (Å²) in [4.78, 5) is 16.7. The highest BCUT2D eigenvalue weighted by Crippen LogP contribution is 2.37. The maximum absolute atomic E-state index is 13.3. The predicted octanol–water partition coefficient (Wildman–Crippen LogP) is 6.19. The van der Waals surface area contributed by atoms with Gasteiger partial charge in [0.1, 0.15) is 5.82 Å². The summed E-state index contributed by atoms with van der Waals surface area (Å²) in [6.07, 6.45) is -3.70. The van der Waals surface area contributed by atoms with Crippen molar-refractivity contribution in [2.24, 2.45) is 0 Å². The molecule has 12 heteroatoms. The fourth-order valence-electron chi connectivity index (χ4n) is 4.23. The minimum atomic E-state index is -4.59. The first-order valence-corrected chi connectivity index (χ1v) is 13.9. The van der Waals surface area contributed by atoms with Crippen LogP contribution < -0.4 is 10.0 Å². The third-order valence-electron chi connectivity index (χ3n) is 6.11. The molecule has 4 rings (SSSR count). The quantitative estimate of drug-likeness (QED) is 0.274. The lowest BCUT2D eigenvalue weighted by molar-refractivity contribution is -0.137. The zero-order chi connectivity index (χ0) is 28.5. The molecule has 3 aromatic carbocycles. The number of fused-ring (bicyclic) bond motifs is 1. The highest BCUT2D eigenvalue weighted by atomic mass is 35.5. The summed E-state index contributed by atoms with van der Waals surface area (Å²) in [5.74, 6) is 0.578. The molecule has 0 aliphatic heterocycles. The Kier molecular flexibility index (Phi) is 7.94. The number of aryl methyl sites for hydroxylation is 2. The number of carbonyl (C=O) groups excluding carboxylic acids is 1. The summed E-state index contributed by atoms with van der Waals surface area (Å²) in [6.45, 7) is 5.42. The molecule has 0 fully saturated rings. The van der Waals surface area contributed by atoms with E-state index in [-0.39, 0.29) is 10.4 Å². The Labute approximate surface area is 229 Å². The number of aromatic nitrogens is 2. The first-order chi connectivity index (χ1) is 18.3. The molecule has 4 aromatic rings. The number of sulfonamides is 1. The van der Waals surface area contributed by atoms with Gasteiger partial charge in [0.25, 0.3) is 10.0 Å². The van der Waals surface area contributed by atoms with E-state index in [9.17, 15) is 26.4 Å². The standard InChI is InChI=1S/C27H26ClF3N4O3S/c1-4-25-33-23-14-21(27(29,30)31)22(28)15-24(23)35(25)19-9-7-18(8-10-19)13-17(3)32-26(36)34-39(37,38)20-11-5-16(2)6-12-20/h5-12,14-15,17H,4,13H2,1-3H3,(H2,32,34,36)/t17-/m0/s1. The Balaban J connectivity index is 1.48. The first kappa shape index (κ1) is 28.4. The Morgan fingerprint density at radius 3 is 2.31 bits per heavy atom. The molecule has 0 saturated heterocycles. The zero-order valence-electron chi connectivity index (χ0n) is 21.3. The summed E-state index contributed by atoms with van der Waals surface area (Å²) < 4.78 is 68.6. The third-order valence-corrected chi connectivity index (χ3v) is 7.77. The van der Waals surface area contributed by atoms with Crippen molar-refractivity contribution in [1.29, 1.82) is 0 Å². The van der Waals surface area contributed by atoms with Crippen LogP contribution in [0, 0.1) is 6.92 Å². The van der Waals surface area contributed by atoms with Crippen LogP contribution in [0.25, 0.3) is 16.7 Å². The molecule has 0 aliphatic rings. The molecular weight excluding hydrogens is 553 g/mol. The molecule has 7 nitrogen and oxygen atoms in total. The van der Waals surface area contributed by atoms with Gasteiger partial charge in [0.05, 0.1) is 26.5 Å². The van der Waals surface area contributed by atoms with Crippen molar-refractivity contribution >= 4 is 38.7 Å². The fraction of sp³-hybridized carbons (Fsp3) is 0.259. The second kappa shape index (κ2) is 10.9. The number of amides is 2. The second-order valence-electron chi connectivity index (χ2n) is 9.20. The summed E-state index contributed by atoms with van der Waals surface area (Å²) in [6, 6.07) is 14.4. The Bertz CT molecular complexity index is 1620. The van der Waals surface area contributed by atoms with Gasteiger partial charge in [-0.3, -0.25) is 4.57 Å². The Morgan fingerprint density at radius 2 is 1.72 bits per heavy atom. The van der Waals surface area contributed by atoms with Crippen LogP contribution in [0.3, 0.4) is 0 Å². The number of carbonyl (C=O) groups is 1. The van der Waals surface area contributed by atoms with Crippen LogP contribution in [0.1, 0.15) is 36.4 Å². The van der Waals surface area contributed by atoms with Gasteiger partial charge in [-0.1, -0.05) is 48.4 Å². The SMILES string of the molecule is CCc1nc2cc(C(F)(F)F)c(Cl)cc2n1-c1ccc(C[C@H](C)NC(=O)NS(=O)(=O)c2ccc(C)cc2)cc1. The van der Waals surface area contributed by atoms with Gasteiger partial charge in [0, 0.05) is 18.2 Å². The number of rotatable bonds is 7. The summed E-state index contributed by atoms with van der Waals surface area (Å²) >= 11 is 5.97. The number of hydrogen-bond acceptors (Lipinski definition) is 4. The van der Waals surface area contributed by atoms with Gasteiger partial charge in [-0.05, 0) is 62.2 Å². The number of hydrogen-bond donors (Lipinski definition) is 2. The van der Waals surface area contributed by atoms with Crippen molar-refractivity contribution in [3.8, 4) is 5.69 Å². The molecule has 2 amide bonds. The number of halogens is 4. The maximum Gasteiger partial charge on any atom is 0.417 e. The molecule has 0 radical (unpaired) electrons. The number of imidazole rings is 1. The van der Waals surface area contributed by atoms with Crippen LogP contribution in [0.2, 0.25) is 5.02 Å². The van der Waals surface area contributed by atoms with Crippen molar-refractivity contribution in [3.05, 3.63) is 88.2 Å². The second-order valence-corrected chi connectivity index (χ2v) is 11.3. The summed E-state index contributed by atoms with van der Waals surface area (Å²) in [7, 11) is -4.01. The van der Waals surface area contributed by atoms with Gasteiger partial charge >= 0.3 is 12.2 Å². The minimum Gasteiger partial charge on any atom is -0.335 e. The Morgan fingerprint density at radius 1 is 1.08 bits per heavy atom. The summed E-state index contributed by atoms with van der Waals surface area (Å²) in [5.41, 5.74) is 2.15. The molecule has 0 saturated carbocycles. The highest BCUT2D eigenvalue weighted by molar-refractivity contribution is 7.90. The molecule has 0 spiro atoms. The molecule has 1 aromatic heterocycles. The van der Waals surface area contributed by atoms with E-state index < -0.39 is 38.9 Å². The van der Waals surface area contributed by atoms with Crippen LogP contribution in [-0.2, 0) is 29.0 Å². The van der Waals surface area contributed by atoms with Crippen molar-refractivity contribution < 1.29 is 26.4 Å². The molecule has 1 atom stereocenters. The van der Waals surface area contributed by atoms with Gasteiger partial charge in [-0.15, -0.1) is 0 Å². The normalized spacial score (nSPS) is 12.9. The topological polar surface area (TPSA) is 93.1 Å². The van der Waals surface area contributed by atoms with Crippen molar-refractivity contribution in [2.45, 2.75) is 50.7 Å². The van der Waals surface area contributed by atoms with E-state index in [2.05, 4.69) is 10.3 Å². The van der Waals surface area contributed by atoms with E-state index in [4.69, 9.17) is 11.6 Å². The van der Waals surface area contributed by atoms with Gasteiger partial charge < -0.3 is 5.32 Å². The molecule has 2 N–H and O–H groups in total. The van der Waals surface area contributed by atoms with Gasteiger partial charge in [0.2, 0.25) is 0 Å². The average Bonchev–Trinajstić information content (AvgIpc) is 3.20. The van der Waals surface area contributed by atoms with E-state index in [0.29, 0.717) is 29.9 Å². The molecule has 39 heavy (non-hydrogen) atoms. The van der Waals surface area contributed by atoms with Crippen LogP contribution in [0.4, 0.5) is 18.0 Å². The van der Waals surface area contributed by atoms with Gasteiger partial charge in [0.15, 0.2) is 0 Å². The average molecular weight is 579 g/mol. The van der Waals surface area contributed by atoms with Gasteiger partial charge in [-0.2, -0.15) is 13.2 Å². The largest absolute Gasteiger partial charge is 0.417 e. The van der Waals surface area contributed by atoms with E-state index >= 15 is 0 Å². The monoisotopic (exact) mass is 578 g/mol. The smallest absolute Gasteiger partial charge is 0.335 e. The number of nitrogens with one attached hydrogen (secondary N) is 2. The molecule has 0 bridgehead atoms. The minimum absolute atomic E-state index is 0.0131. The molecule has 0 unspecified atom stereocenters. The van der Waals surface area contributed by atoms with Crippen LogP contribution in [0.5, 0.6) is 0 Å². The van der Waals surface area contributed by atoms with E-state index in [1.54, 1.807) is 35.8 Å². The van der Waals surface area contributed by atoms with Crippen molar-refractivity contribution in [1.82, 2.24) is 19.6 Å². The van der Waals surface area contributed by atoms with Crippen LogP contribution in [0.15, 0.2) is 65.6 Å². The molecule has 0 aliphatic carbocycles. The fourth-order valence-corrected chi connectivity index (χ4v) is 5.41. The molecular formula is C27H26ClF3N4O3S. The number of alkyl halides is 3. The number of nitrogens with zero attached hydrogens (tertiary/aromatic N) is 2. The lowest BCUT2D eigenvalue weighted by atomic mass is 10.1. The van der Waals surface area contributed by atoms with Crippen LogP contribution in [-0.4, -0.2) is 30.0 Å². The van der Waals surface area contributed by atoms with E-state index in [1.807, 2.05) is 30.7 Å². The Hall–Kier alpha value is -3.57. The number of urea groups is 1. The molecule has 1 heterocycles. The third kappa shape index (κ3) is 6.36. The molecule has 206 valence electrons. The van der Waals surface area contributed by atoms with Gasteiger partial charge in [-0.25, -0.2) is 22.9 Å². The number of benzene rings is 3. The van der Waals surface area contributed by atoms with Crippen molar-refractivity contribution in [3.63, 3.8) is 0 Å². The lowest BCUT2D eigenvalue weighted by Crippen LogP contribution is -2.44. The summed E-state index contributed by atoms with van der Waals surface area (Å²) in [5, 5.41) is 2.22. The first-order valence-electron chi connectivity index (χ1n) is 12.1. The van der Waals surface area contributed by atoms with Crippen molar-refractivity contribution in [2.75, 3.05) is 0 Å². The van der Waals surface area contributed by atoms with E-state index in [1.165, 1.54) is 18.2 Å².